The van der Waals surface area contributed by atoms with Crippen molar-refractivity contribution >= 4 is 23.3 Å². The van der Waals surface area contributed by atoms with Crippen molar-refractivity contribution in [2.24, 2.45) is 5.73 Å². The van der Waals surface area contributed by atoms with Crippen molar-refractivity contribution in [3.8, 4) is 0 Å². The fourth-order valence-electron chi connectivity index (χ4n) is 2.01. The number of nitrogens with one attached hydrogen (secondary N) is 1. The van der Waals surface area contributed by atoms with Gasteiger partial charge in [-0.25, -0.2) is 4.98 Å². The Balaban J connectivity index is 2.23. The number of primary amides is 1. The summed E-state index contributed by atoms with van der Waals surface area (Å²) in [5.41, 5.74) is 6.42. The van der Waals surface area contributed by atoms with Crippen molar-refractivity contribution in [1.82, 2.24) is 9.97 Å². The predicted octanol–water partition coefficient (Wildman–Crippen LogP) is 3.18. The highest BCUT2D eigenvalue weighted by atomic mass is 35.5. The Kier molecular flexibility index (Phi) is 5.11. The van der Waals surface area contributed by atoms with Crippen LogP contribution in [0.4, 0.5) is 5.82 Å². The molecule has 6 heteroatoms. The average molecular weight is 305 g/mol. The second-order valence-corrected chi connectivity index (χ2v) is 5.07. The van der Waals surface area contributed by atoms with Gasteiger partial charge in [-0.1, -0.05) is 31.0 Å². The Morgan fingerprint density at radius 3 is 2.81 bits per heavy atom. The summed E-state index contributed by atoms with van der Waals surface area (Å²) in [7, 11) is 0. The SMILES string of the molecule is CCCC(Nc1ncc(C(N)=O)cc1Cl)c1ccccn1. The van der Waals surface area contributed by atoms with Crippen LogP contribution in [0.1, 0.15) is 41.9 Å². The number of halogens is 1. The smallest absolute Gasteiger partial charge is 0.250 e. The number of anilines is 1. The van der Waals surface area contributed by atoms with Crippen LogP contribution in [-0.4, -0.2) is 15.9 Å². The lowest BCUT2D eigenvalue weighted by atomic mass is 10.1. The molecule has 21 heavy (non-hydrogen) atoms. The van der Waals surface area contributed by atoms with Gasteiger partial charge in [0.25, 0.3) is 0 Å². The molecule has 0 spiro atoms. The standard InChI is InChI=1S/C15H17ClN4O/c1-2-5-13(12-6-3-4-7-18-12)20-15-11(16)8-10(9-19-15)14(17)21/h3-4,6-9,13H,2,5H2,1H3,(H2,17,21)(H,19,20). The molecule has 0 saturated heterocycles. The molecular formula is C15H17ClN4O. The molecule has 2 aromatic rings. The first-order valence-corrected chi connectivity index (χ1v) is 7.12. The van der Waals surface area contributed by atoms with E-state index < -0.39 is 5.91 Å². The molecule has 0 radical (unpaired) electrons. The maximum absolute atomic E-state index is 11.1. The summed E-state index contributed by atoms with van der Waals surface area (Å²) < 4.78 is 0. The van der Waals surface area contributed by atoms with E-state index in [-0.39, 0.29) is 11.6 Å². The topological polar surface area (TPSA) is 80.9 Å². The van der Waals surface area contributed by atoms with Crippen molar-refractivity contribution in [3.63, 3.8) is 0 Å². The molecule has 5 nitrogen and oxygen atoms in total. The normalized spacial score (nSPS) is 11.9. The van der Waals surface area contributed by atoms with Crippen LogP contribution in [0.5, 0.6) is 0 Å². The number of aromatic nitrogens is 2. The van der Waals surface area contributed by atoms with Crippen molar-refractivity contribution in [3.05, 3.63) is 52.9 Å². The number of hydrogen-bond donors (Lipinski definition) is 2. The predicted molar refractivity (Wildman–Crippen MR) is 83.3 cm³/mol. The van der Waals surface area contributed by atoms with Gasteiger partial charge in [-0.05, 0) is 24.6 Å². The first-order chi connectivity index (χ1) is 10.1. The molecule has 0 saturated carbocycles. The number of pyridine rings is 2. The summed E-state index contributed by atoms with van der Waals surface area (Å²) in [6.45, 7) is 2.10. The number of hydrogen-bond acceptors (Lipinski definition) is 4. The van der Waals surface area contributed by atoms with E-state index in [9.17, 15) is 4.79 Å². The van der Waals surface area contributed by atoms with Crippen LogP contribution in [0.3, 0.4) is 0 Å². The highest BCUT2D eigenvalue weighted by Crippen LogP contribution is 2.26. The molecular weight excluding hydrogens is 288 g/mol. The lowest BCUT2D eigenvalue weighted by molar-refractivity contribution is 0.1000. The van der Waals surface area contributed by atoms with Gasteiger partial charge in [-0.15, -0.1) is 0 Å². The number of nitrogens with zero attached hydrogens (tertiary/aromatic N) is 2. The summed E-state index contributed by atoms with van der Waals surface area (Å²) in [5, 5.41) is 3.64. The minimum absolute atomic E-state index is 0.0145. The zero-order valence-corrected chi connectivity index (χ0v) is 12.5. The van der Waals surface area contributed by atoms with Gasteiger partial charge in [0.05, 0.1) is 22.3 Å². The van der Waals surface area contributed by atoms with E-state index in [1.165, 1.54) is 12.3 Å². The van der Waals surface area contributed by atoms with E-state index in [4.69, 9.17) is 17.3 Å². The Hall–Kier alpha value is -2.14. The van der Waals surface area contributed by atoms with E-state index in [1.54, 1.807) is 6.20 Å². The van der Waals surface area contributed by atoms with Crippen molar-refractivity contribution in [1.29, 1.82) is 0 Å². The van der Waals surface area contributed by atoms with Gasteiger partial charge in [-0.2, -0.15) is 0 Å². The summed E-state index contributed by atoms with van der Waals surface area (Å²) in [6.07, 6.45) is 5.06. The third-order valence-electron chi connectivity index (χ3n) is 3.06. The van der Waals surface area contributed by atoms with E-state index in [0.29, 0.717) is 10.8 Å². The highest BCUT2D eigenvalue weighted by Gasteiger charge is 2.15. The summed E-state index contributed by atoms with van der Waals surface area (Å²) in [5.74, 6) is -0.0310. The van der Waals surface area contributed by atoms with Gasteiger partial charge in [0.15, 0.2) is 0 Å². The Morgan fingerprint density at radius 1 is 1.43 bits per heavy atom. The number of amides is 1. The van der Waals surface area contributed by atoms with Crippen molar-refractivity contribution < 1.29 is 4.79 Å². The van der Waals surface area contributed by atoms with Crippen LogP contribution in [0.15, 0.2) is 36.7 Å². The molecule has 110 valence electrons. The van der Waals surface area contributed by atoms with Gasteiger partial charge >= 0.3 is 0 Å². The molecule has 0 aliphatic carbocycles. The van der Waals surface area contributed by atoms with Gasteiger partial charge < -0.3 is 11.1 Å². The second-order valence-electron chi connectivity index (χ2n) is 4.66. The minimum Gasteiger partial charge on any atom is -0.366 e. The molecule has 1 atom stereocenters. The average Bonchev–Trinajstić information content (AvgIpc) is 2.49. The van der Waals surface area contributed by atoms with Crippen LogP contribution in [0.2, 0.25) is 5.02 Å². The summed E-state index contributed by atoms with van der Waals surface area (Å²) in [6, 6.07) is 7.30. The molecule has 2 heterocycles. The van der Waals surface area contributed by atoms with Crippen LogP contribution in [-0.2, 0) is 0 Å². The number of carbonyl (C=O) groups excluding carboxylic acids is 1. The molecule has 0 aromatic carbocycles. The van der Waals surface area contributed by atoms with Gasteiger partial charge in [0.1, 0.15) is 5.82 Å². The fraction of sp³-hybridized carbons (Fsp3) is 0.267. The maximum Gasteiger partial charge on any atom is 0.250 e. The van der Waals surface area contributed by atoms with Crippen LogP contribution >= 0.6 is 11.6 Å². The fourth-order valence-corrected chi connectivity index (χ4v) is 2.23. The summed E-state index contributed by atoms with van der Waals surface area (Å²) >= 11 is 6.15. The van der Waals surface area contributed by atoms with Crippen LogP contribution in [0.25, 0.3) is 0 Å². The molecule has 1 unspecified atom stereocenters. The zero-order valence-electron chi connectivity index (χ0n) is 11.7. The van der Waals surface area contributed by atoms with E-state index in [1.807, 2.05) is 18.2 Å². The Labute approximate surface area is 128 Å². The second kappa shape index (κ2) is 7.04. The molecule has 3 N–H and O–H groups in total. The number of rotatable bonds is 6. The zero-order chi connectivity index (χ0) is 15.2. The first kappa shape index (κ1) is 15.3. The van der Waals surface area contributed by atoms with Crippen LogP contribution in [0, 0.1) is 0 Å². The van der Waals surface area contributed by atoms with Crippen molar-refractivity contribution in [2.75, 3.05) is 5.32 Å². The Morgan fingerprint density at radius 2 is 2.24 bits per heavy atom. The number of carbonyl (C=O) groups is 1. The molecule has 0 aliphatic heterocycles. The summed E-state index contributed by atoms with van der Waals surface area (Å²) in [4.78, 5) is 19.6. The maximum atomic E-state index is 11.1. The molecule has 0 aliphatic rings. The molecule has 1 amide bonds. The molecule has 0 fully saturated rings. The minimum atomic E-state index is -0.550. The van der Waals surface area contributed by atoms with E-state index >= 15 is 0 Å². The third-order valence-corrected chi connectivity index (χ3v) is 3.35. The third kappa shape index (κ3) is 3.92. The lowest BCUT2D eigenvalue weighted by Gasteiger charge is -2.19. The monoisotopic (exact) mass is 304 g/mol. The van der Waals surface area contributed by atoms with Gasteiger partial charge in [0.2, 0.25) is 5.91 Å². The molecule has 0 bridgehead atoms. The first-order valence-electron chi connectivity index (χ1n) is 6.74. The lowest BCUT2D eigenvalue weighted by Crippen LogP contribution is -2.15. The Bertz CT molecular complexity index is 618. The molecule has 2 aromatic heterocycles. The van der Waals surface area contributed by atoms with E-state index in [0.717, 1.165) is 18.5 Å². The molecule has 2 rings (SSSR count). The van der Waals surface area contributed by atoms with Crippen LogP contribution < -0.4 is 11.1 Å². The number of nitrogens with two attached hydrogens (primary N) is 1. The van der Waals surface area contributed by atoms with Gasteiger partial charge in [-0.3, -0.25) is 9.78 Å². The van der Waals surface area contributed by atoms with E-state index in [2.05, 4.69) is 22.2 Å². The highest BCUT2D eigenvalue weighted by molar-refractivity contribution is 6.33. The van der Waals surface area contributed by atoms with Crippen molar-refractivity contribution in [2.45, 2.75) is 25.8 Å². The van der Waals surface area contributed by atoms with Gasteiger partial charge in [0, 0.05) is 12.4 Å². The quantitative estimate of drug-likeness (QED) is 0.859. The largest absolute Gasteiger partial charge is 0.366 e.